The van der Waals surface area contributed by atoms with Gasteiger partial charge in [0.1, 0.15) is 6.67 Å². The van der Waals surface area contributed by atoms with E-state index in [4.69, 9.17) is 10.7 Å². The lowest BCUT2D eigenvalue weighted by atomic mass is 9.67. The summed E-state index contributed by atoms with van der Waals surface area (Å²) in [6.07, 6.45) is 3.52. The maximum atomic E-state index is 6.13. The molecule has 0 atom stereocenters. The van der Waals surface area contributed by atoms with Crippen LogP contribution in [0.1, 0.15) is 27.8 Å². The number of allylic oxidation sites excluding steroid dienone is 1. The van der Waals surface area contributed by atoms with E-state index in [2.05, 4.69) is 193 Å². The minimum absolute atomic E-state index is 0.425. The first-order valence-electron chi connectivity index (χ1n) is 19.4. The van der Waals surface area contributed by atoms with Crippen LogP contribution < -0.4 is 5.73 Å². The number of hydrogen-bond donors (Lipinski definition) is 1. The van der Waals surface area contributed by atoms with Gasteiger partial charge in [-0.1, -0.05) is 164 Å². The average molecular weight is 748 g/mol. The molecule has 0 saturated carbocycles. The van der Waals surface area contributed by atoms with Gasteiger partial charge in [0.25, 0.3) is 0 Å². The normalized spacial score (nSPS) is 13.6. The van der Waals surface area contributed by atoms with Gasteiger partial charge in [0.05, 0.1) is 22.2 Å². The minimum atomic E-state index is -0.488. The van der Waals surface area contributed by atoms with Crippen molar-refractivity contribution in [1.82, 2.24) is 4.57 Å². The number of thiophene rings is 1. The van der Waals surface area contributed by atoms with E-state index in [-0.39, 0.29) is 0 Å². The molecule has 10 aromatic rings. The van der Waals surface area contributed by atoms with Crippen LogP contribution in [0.4, 0.5) is 0 Å². The number of para-hydroxylation sites is 1. The van der Waals surface area contributed by atoms with Gasteiger partial charge >= 0.3 is 0 Å². The quantitative estimate of drug-likeness (QED) is 0.162. The number of fused-ring (bicyclic) bond motifs is 9. The maximum Gasteiger partial charge on any atom is 0.115 e. The molecule has 0 radical (unpaired) electrons. The van der Waals surface area contributed by atoms with Crippen LogP contribution in [-0.4, -0.2) is 10.3 Å². The van der Waals surface area contributed by atoms with E-state index in [9.17, 15) is 0 Å². The summed E-state index contributed by atoms with van der Waals surface area (Å²) < 4.78 is 4.96. The third-order valence-electron chi connectivity index (χ3n) is 11.9. The lowest BCUT2D eigenvalue weighted by Crippen LogP contribution is -2.28. The van der Waals surface area contributed by atoms with Gasteiger partial charge in [-0.25, -0.2) is 0 Å². The van der Waals surface area contributed by atoms with Crippen molar-refractivity contribution in [3.8, 4) is 22.3 Å². The van der Waals surface area contributed by atoms with Crippen molar-refractivity contribution in [2.75, 3.05) is 0 Å². The monoisotopic (exact) mass is 747 g/mol. The molecular formula is C53H37N3S. The number of hydrogen-bond acceptors (Lipinski definition) is 3. The second-order valence-electron chi connectivity index (χ2n) is 14.8. The van der Waals surface area contributed by atoms with Gasteiger partial charge in [-0.15, -0.1) is 11.3 Å². The fourth-order valence-corrected chi connectivity index (χ4v) is 10.7. The molecule has 8 aromatic carbocycles. The van der Waals surface area contributed by atoms with Crippen molar-refractivity contribution in [2.24, 2.45) is 10.7 Å². The van der Waals surface area contributed by atoms with Gasteiger partial charge in [0.2, 0.25) is 0 Å². The Morgan fingerprint density at radius 3 is 2.00 bits per heavy atom. The van der Waals surface area contributed by atoms with E-state index in [0.29, 0.717) is 6.67 Å². The molecule has 4 heteroatoms. The second-order valence-corrected chi connectivity index (χ2v) is 15.8. The summed E-state index contributed by atoms with van der Waals surface area (Å²) in [7, 11) is 0. The van der Waals surface area contributed by atoms with Crippen LogP contribution in [0.2, 0.25) is 0 Å². The number of aromatic nitrogens is 1. The van der Waals surface area contributed by atoms with Crippen LogP contribution in [0, 0.1) is 0 Å². The van der Waals surface area contributed by atoms with E-state index in [1.807, 2.05) is 17.4 Å². The van der Waals surface area contributed by atoms with Crippen LogP contribution in [0.25, 0.3) is 64.2 Å². The third kappa shape index (κ3) is 5.08. The summed E-state index contributed by atoms with van der Waals surface area (Å²) in [5.41, 5.74) is 19.9. The molecule has 1 aliphatic rings. The SMILES string of the molecule is N/C=C\C(=NCn1c2ccccc2c2ccc(C3(c4ccccc4)c4ccccc4-c4ccccc43)cc21)c1cccc(-c2cccc3c2sc2ccccc23)c1. The summed E-state index contributed by atoms with van der Waals surface area (Å²) in [6, 6.07) is 68.6. The lowest BCUT2D eigenvalue weighted by molar-refractivity contribution is 0.763. The molecular weight excluding hydrogens is 711 g/mol. The Morgan fingerprint density at radius 1 is 0.544 bits per heavy atom. The predicted molar refractivity (Wildman–Crippen MR) is 241 cm³/mol. The smallest absolute Gasteiger partial charge is 0.115 e. The Balaban J connectivity index is 1.07. The Morgan fingerprint density at radius 2 is 1.19 bits per heavy atom. The van der Waals surface area contributed by atoms with Crippen molar-refractivity contribution >= 4 is 59.0 Å². The summed E-state index contributed by atoms with van der Waals surface area (Å²) in [5, 5.41) is 5.01. The molecule has 11 rings (SSSR count). The van der Waals surface area contributed by atoms with Gasteiger partial charge in [-0.2, -0.15) is 0 Å². The van der Waals surface area contributed by atoms with Crippen molar-refractivity contribution in [3.63, 3.8) is 0 Å². The minimum Gasteiger partial charge on any atom is -0.405 e. The van der Waals surface area contributed by atoms with Crippen molar-refractivity contribution in [2.45, 2.75) is 12.1 Å². The molecule has 270 valence electrons. The molecule has 0 saturated heterocycles. The topological polar surface area (TPSA) is 43.3 Å². The van der Waals surface area contributed by atoms with Gasteiger partial charge in [0, 0.05) is 36.5 Å². The molecule has 0 bridgehead atoms. The first-order chi connectivity index (χ1) is 28.2. The number of rotatable bonds is 7. The van der Waals surface area contributed by atoms with Crippen LogP contribution in [0.15, 0.2) is 205 Å². The van der Waals surface area contributed by atoms with Crippen LogP contribution in [0.3, 0.4) is 0 Å². The van der Waals surface area contributed by atoms with Crippen molar-refractivity contribution in [1.29, 1.82) is 0 Å². The predicted octanol–water partition coefficient (Wildman–Crippen LogP) is 13.1. The van der Waals surface area contributed by atoms with E-state index < -0.39 is 5.41 Å². The number of aliphatic imine (C=N–C) groups is 1. The first-order valence-corrected chi connectivity index (χ1v) is 20.3. The zero-order chi connectivity index (χ0) is 37.9. The lowest BCUT2D eigenvalue weighted by Gasteiger charge is -2.34. The van der Waals surface area contributed by atoms with Gasteiger partial charge in [-0.3, -0.25) is 4.99 Å². The van der Waals surface area contributed by atoms with E-state index in [1.165, 1.54) is 69.9 Å². The Labute approximate surface area is 335 Å². The number of nitrogens with zero attached hydrogens (tertiary/aromatic N) is 2. The van der Waals surface area contributed by atoms with E-state index in [1.54, 1.807) is 6.20 Å². The largest absolute Gasteiger partial charge is 0.405 e. The van der Waals surface area contributed by atoms with Gasteiger partial charge in [0.15, 0.2) is 0 Å². The van der Waals surface area contributed by atoms with Gasteiger partial charge in [-0.05, 0) is 81.0 Å². The summed E-state index contributed by atoms with van der Waals surface area (Å²) in [5.74, 6) is 0. The Hall–Kier alpha value is -7.01. The maximum absolute atomic E-state index is 6.13. The highest BCUT2D eigenvalue weighted by Gasteiger charge is 2.46. The molecule has 2 heterocycles. The second kappa shape index (κ2) is 13.3. The van der Waals surface area contributed by atoms with Crippen LogP contribution in [-0.2, 0) is 12.1 Å². The summed E-state index contributed by atoms with van der Waals surface area (Å²) in [4.78, 5) is 5.35. The highest BCUT2D eigenvalue weighted by molar-refractivity contribution is 7.26. The third-order valence-corrected chi connectivity index (χ3v) is 13.1. The van der Waals surface area contributed by atoms with E-state index >= 15 is 0 Å². The van der Waals surface area contributed by atoms with Crippen molar-refractivity contribution < 1.29 is 0 Å². The number of benzene rings is 8. The fourth-order valence-electron chi connectivity index (χ4n) is 9.45. The molecule has 2 N–H and O–H groups in total. The summed E-state index contributed by atoms with van der Waals surface area (Å²) >= 11 is 1.85. The van der Waals surface area contributed by atoms with Crippen molar-refractivity contribution in [3.05, 3.63) is 228 Å². The molecule has 0 aliphatic heterocycles. The highest BCUT2D eigenvalue weighted by Crippen LogP contribution is 2.56. The summed E-state index contributed by atoms with van der Waals surface area (Å²) in [6.45, 7) is 0.425. The van der Waals surface area contributed by atoms with Crippen LogP contribution in [0.5, 0.6) is 0 Å². The number of nitrogens with two attached hydrogens (primary N) is 1. The Bertz CT molecular complexity index is 3190. The molecule has 1 aliphatic carbocycles. The molecule has 2 aromatic heterocycles. The molecule has 57 heavy (non-hydrogen) atoms. The Kier molecular flexibility index (Phi) is 7.80. The molecule has 0 spiro atoms. The fraction of sp³-hybridized carbons (Fsp3) is 0.0377. The average Bonchev–Trinajstić information content (AvgIpc) is 3.92. The molecule has 3 nitrogen and oxygen atoms in total. The zero-order valence-electron chi connectivity index (χ0n) is 31.1. The molecule has 0 fully saturated rings. The van der Waals surface area contributed by atoms with E-state index in [0.717, 1.165) is 27.9 Å². The molecule has 0 amide bonds. The standard InChI is InChI=1S/C53H37N3S/c54-31-30-48(36-15-12-14-35(32-36)39-22-13-23-45-44-21-7-11-27-51(44)57-52(39)45)55-34-56-49-26-10-6-20-42(49)43-29-28-38(33-50(43)56)53(37-16-2-1-3-17-37)46-24-8-4-18-40(46)41-19-5-9-25-47(41)53/h1-33H,34,54H2/b31-30-,55-48?. The molecule has 0 unspecified atom stereocenters. The highest BCUT2D eigenvalue weighted by atomic mass is 32.1. The van der Waals surface area contributed by atoms with Crippen LogP contribution >= 0.6 is 11.3 Å². The van der Waals surface area contributed by atoms with Gasteiger partial charge < -0.3 is 10.3 Å². The zero-order valence-corrected chi connectivity index (χ0v) is 32.0. The first kappa shape index (κ1) is 33.3.